The van der Waals surface area contributed by atoms with E-state index in [0.29, 0.717) is 11.5 Å². The van der Waals surface area contributed by atoms with E-state index in [1.54, 1.807) is 0 Å². The number of carbonyl (C=O) groups excluding carboxylic acids is 1. The SMILES string of the molecule is NS(=O)(=O)c1ccc(N=Nc2n[nH]c3ccc4c(c23)CC(=O)N4)cc1. The molecule has 1 aromatic heterocycles. The van der Waals surface area contributed by atoms with E-state index in [1.165, 1.54) is 24.3 Å². The van der Waals surface area contributed by atoms with E-state index in [1.807, 2.05) is 12.1 Å². The van der Waals surface area contributed by atoms with Gasteiger partial charge in [-0.1, -0.05) is 0 Å². The van der Waals surface area contributed by atoms with Crippen LogP contribution in [0.3, 0.4) is 0 Å². The highest BCUT2D eigenvalue weighted by Gasteiger charge is 2.23. The number of rotatable bonds is 3. The van der Waals surface area contributed by atoms with Gasteiger partial charge in [-0.3, -0.25) is 9.89 Å². The standard InChI is InChI=1S/C15H12N6O3S/c16-25(23,24)9-3-1-8(2-4-9)18-20-15-14-10-7-13(22)17-11(10)5-6-12(14)19-21-15/h1-6H,7H2,(H,17,22)(H,19,21)(H2,16,23,24). The molecule has 2 heterocycles. The maximum Gasteiger partial charge on any atom is 0.238 e. The number of hydrogen-bond acceptors (Lipinski definition) is 6. The lowest BCUT2D eigenvalue weighted by atomic mass is 10.1. The molecule has 0 radical (unpaired) electrons. The van der Waals surface area contributed by atoms with Gasteiger partial charge in [0, 0.05) is 5.69 Å². The largest absolute Gasteiger partial charge is 0.326 e. The Balaban J connectivity index is 1.71. The molecule has 9 nitrogen and oxygen atoms in total. The third-order valence-corrected chi connectivity index (χ3v) is 4.78. The Bertz CT molecular complexity index is 1130. The van der Waals surface area contributed by atoms with Crippen molar-refractivity contribution in [3.05, 3.63) is 42.0 Å². The van der Waals surface area contributed by atoms with Gasteiger partial charge in [0.2, 0.25) is 21.7 Å². The lowest BCUT2D eigenvalue weighted by molar-refractivity contribution is -0.115. The number of primary sulfonamides is 1. The second-order valence-electron chi connectivity index (χ2n) is 5.53. The number of benzene rings is 2. The second-order valence-corrected chi connectivity index (χ2v) is 7.09. The van der Waals surface area contributed by atoms with E-state index in [0.717, 1.165) is 22.2 Å². The molecule has 25 heavy (non-hydrogen) atoms. The molecule has 0 unspecified atom stereocenters. The molecule has 0 fully saturated rings. The number of nitrogens with zero attached hydrogens (tertiary/aromatic N) is 3. The summed E-state index contributed by atoms with van der Waals surface area (Å²) >= 11 is 0. The Morgan fingerprint density at radius 3 is 2.56 bits per heavy atom. The van der Waals surface area contributed by atoms with E-state index >= 15 is 0 Å². The van der Waals surface area contributed by atoms with Gasteiger partial charge in [-0.2, -0.15) is 5.10 Å². The summed E-state index contributed by atoms with van der Waals surface area (Å²) in [6.07, 6.45) is 0.262. The van der Waals surface area contributed by atoms with Crippen molar-refractivity contribution in [1.82, 2.24) is 10.2 Å². The minimum Gasteiger partial charge on any atom is -0.326 e. The first-order chi connectivity index (χ1) is 11.9. The number of azo groups is 1. The second kappa shape index (κ2) is 5.46. The quantitative estimate of drug-likeness (QED) is 0.618. The molecule has 0 saturated carbocycles. The van der Waals surface area contributed by atoms with Gasteiger partial charge >= 0.3 is 0 Å². The number of nitrogens with two attached hydrogens (primary N) is 1. The smallest absolute Gasteiger partial charge is 0.238 e. The molecule has 1 aliphatic rings. The van der Waals surface area contributed by atoms with Crippen LogP contribution in [-0.4, -0.2) is 24.5 Å². The van der Waals surface area contributed by atoms with Gasteiger partial charge in [-0.05, 0) is 42.0 Å². The molecule has 2 aromatic carbocycles. The van der Waals surface area contributed by atoms with Crippen LogP contribution in [0.2, 0.25) is 0 Å². The van der Waals surface area contributed by atoms with Crippen LogP contribution in [0.1, 0.15) is 5.56 Å². The number of aromatic nitrogens is 2. The molecule has 1 aliphatic heterocycles. The molecule has 4 rings (SSSR count). The molecule has 3 aromatic rings. The Kier molecular flexibility index (Phi) is 3.37. The zero-order chi connectivity index (χ0) is 17.6. The average molecular weight is 356 g/mol. The van der Waals surface area contributed by atoms with E-state index in [9.17, 15) is 13.2 Å². The number of carbonyl (C=O) groups is 1. The highest BCUT2D eigenvalue weighted by atomic mass is 32.2. The first-order valence-corrected chi connectivity index (χ1v) is 8.81. The van der Waals surface area contributed by atoms with Gasteiger partial charge < -0.3 is 5.32 Å². The van der Waals surface area contributed by atoms with Crippen molar-refractivity contribution in [1.29, 1.82) is 0 Å². The molecule has 0 bridgehead atoms. The number of fused-ring (bicyclic) bond motifs is 3. The number of nitrogens with one attached hydrogen (secondary N) is 2. The third kappa shape index (κ3) is 2.77. The predicted octanol–water partition coefficient (Wildman–Crippen LogP) is 2.12. The maximum absolute atomic E-state index is 11.6. The van der Waals surface area contributed by atoms with Gasteiger partial charge in [0.15, 0.2) is 0 Å². The van der Waals surface area contributed by atoms with Gasteiger partial charge in [0.25, 0.3) is 0 Å². The van der Waals surface area contributed by atoms with Crippen LogP contribution in [0.15, 0.2) is 51.5 Å². The summed E-state index contributed by atoms with van der Waals surface area (Å²) in [6, 6.07) is 9.32. The summed E-state index contributed by atoms with van der Waals surface area (Å²) in [6.45, 7) is 0. The fourth-order valence-electron chi connectivity index (χ4n) is 2.70. The van der Waals surface area contributed by atoms with Crippen LogP contribution >= 0.6 is 0 Å². The van der Waals surface area contributed by atoms with Crippen LogP contribution in [0.5, 0.6) is 0 Å². The van der Waals surface area contributed by atoms with Crippen LogP contribution in [0.25, 0.3) is 10.9 Å². The zero-order valence-electron chi connectivity index (χ0n) is 12.7. The summed E-state index contributed by atoms with van der Waals surface area (Å²) in [4.78, 5) is 11.6. The fourth-order valence-corrected chi connectivity index (χ4v) is 3.22. The van der Waals surface area contributed by atoms with Crippen molar-refractivity contribution in [2.75, 3.05) is 5.32 Å². The Hall–Kier alpha value is -3.11. The Labute approximate surface area is 142 Å². The molecule has 0 aliphatic carbocycles. The third-order valence-electron chi connectivity index (χ3n) is 3.86. The maximum atomic E-state index is 11.6. The van der Waals surface area contributed by atoms with Crippen molar-refractivity contribution in [3.63, 3.8) is 0 Å². The van der Waals surface area contributed by atoms with Gasteiger partial charge in [-0.25, -0.2) is 13.6 Å². The first kappa shape index (κ1) is 15.4. The van der Waals surface area contributed by atoms with Crippen molar-refractivity contribution >= 4 is 44.0 Å². The summed E-state index contributed by atoms with van der Waals surface area (Å²) in [5.74, 6) is 0.282. The van der Waals surface area contributed by atoms with Gasteiger partial charge in [-0.15, -0.1) is 10.2 Å². The topological polar surface area (TPSA) is 143 Å². The highest BCUT2D eigenvalue weighted by Crippen LogP contribution is 2.35. The number of sulfonamides is 1. The van der Waals surface area contributed by atoms with Crippen LogP contribution < -0.4 is 10.5 Å². The lowest BCUT2D eigenvalue weighted by Crippen LogP contribution is -2.11. The molecular formula is C15H12N6O3S. The van der Waals surface area contributed by atoms with Crippen molar-refractivity contribution in [2.24, 2.45) is 15.4 Å². The number of aromatic amines is 1. The summed E-state index contributed by atoms with van der Waals surface area (Å²) in [5.41, 5.74) is 2.78. The average Bonchev–Trinajstić information content (AvgIpc) is 3.14. The lowest BCUT2D eigenvalue weighted by Gasteiger charge is -1.99. The Morgan fingerprint density at radius 2 is 1.84 bits per heavy atom. The van der Waals surface area contributed by atoms with E-state index in [4.69, 9.17) is 5.14 Å². The fraction of sp³-hybridized carbons (Fsp3) is 0.0667. The number of amides is 1. The molecule has 126 valence electrons. The van der Waals surface area contributed by atoms with Crippen LogP contribution in [0.4, 0.5) is 17.2 Å². The molecule has 0 spiro atoms. The van der Waals surface area contributed by atoms with Gasteiger partial charge in [0.05, 0.1) is 27.9 Å². The van der Waals surface area contributed by atoms with Gasteiger partial charge in [0.1, 0.15) is 0 Å². The number of H-pyrrole nitrogens is 1. The first-order valence-electron chi connectivity index (χ1n) is 7.26. The molecular weight excluding hydrogens is 344 g/mol. The zero-order valence-corrected chi connectivity index (χ0v) is 13.5. The highest BCUT2D eigenvalue weighted by molar-refractivity contribution is 7.89. The summed E-state index contributed by atoms with van der Waals surface area (Å²) < 4.78 is 22.5. The van der Waals surface area contributed by atoms with Crippen molar-refractivity contribution in [2.45, 2.75) is 11.3 Å². The van der Waals surface area contributed by atoms with E-state index in [-0.39, 0.29) is 17.2 Å². The van der Waals surface area contributed by atoms with Crippen LogP contribution in [-0.2, 0) is 21.2 Å². The number of anilines is 1. The van der Waals surface area contributed by atoms with E-state index < -0.39 is 10.0 Å². The molecule has 4 N–H and O–H groups in total. The summed E-state index contributed by atoms with van der Waals surface area (Å²) in [7, 11) is -3.75. The predicted molar refractivity (Wildman–Crippen MR) is 90.4 cm³/mol. The number of hydrogen-bond donors (Lipinski definition) is 3. The molecule has 0 saturated heterocycles. The normalized spacial score (nSPS) is 14.2. The van der Waals surface area contributed by atoms with Crippen molar-refractivity contribution < 1.29 is 13.2 Å². The summed E-state index contributed by atoms with van der Waals surface area (Å²) in [5, 5.41) is 23.7. The Morgan fingerprint density at radius 1 is 1.08 bits per heavy atom. The molecule has 10 heteroatoms. The van der Waals surface area contributed by atoms with E-state index in [2.05, 4.69) is 25.7 Å². The molecule has 1 amide bonds. The molecule has 0 atom stereocenters. The van der Waals surface area contributed by atoms with Crippen molar-refractivity contribution in [3.8, 4) is 0 Å². The minimum atomic E-state index is -3.75. The monoisotopic (exact) mass is 356 g/mol. The minimum absolute atomic E-state index is 0.000856. The van der Waals surface area contributed by atoms with Crippen LogP contribution in [0, 0.1) is 0 Å².